The van der Waals surface area contributed by atoms with Crippen LogP contribution in [0, 0.1) is 10.1 Å². The molecule has 2 N–H and O–H groups in total. The van der Waals surface area contributed by atoms with E-state index in [-0.39, 0.29) is 29.7 Å². The number of guanidine groups is 1. The summed E-state index contributed by atoms with van der Waals surface area (Å²) in [4.78, 5) is 17.0. The summed E-state index contributed by atoms with van der Waals surface area (Å²) in [6.07, 6.45) is 1.09. The van der Waals surface area contributed by atoms with Gasteiger partial charge in [0.2, 0.25) is 0 Å². The quantitative estimate of drug-likeness (QED) is 0.143. The molecule has 9 heteroatoms. The van der Waals surface area contributed by atoms with Crippen molar-refractivity contribution >= 4 is 41.3 Å². The molecule has 0 aliphatic carbocycles. The van der Waals surface area contributed by atoms with Gasteiger partial charge in [0, 0.05) is 57.0 Å². The minimum Gasteiger partial charge on any atom is -0.497 e. The van der Waals surface area contributed by atoms with E-state index in [1.54, 1.807) is 26.3 Å². The monoisotopic (exact) mass is 525 g/mol. The number of hydrogen-bond donors (Lipinski definition) is 2. The van der Waals surface area contributed by atoms with E-state index in [1.165, 1.54) is 17.7 Å². The first-order valence-corrected chi connectivity index (χ1v) is 9.68. The molecule has 1 aliphatic rings. The standard InChI is InChI=1S/C21H27N5O3.HI/c1-22-21(24-13-12-23-18-5-7-19(8-6-18)26(27)28)25-14-11-17(15-25)16-3-9-20(29-2)10-4-16;/h3-10,17,23H,11-15H2,1-2H3,(H,22,24);1H. The van der Waals surface area contributed by atoms with Crippen LogP contribution in [0.15, 0.2) is 53.5 Å². The zero-order valence-electron chi connectivity index (χ0n) is 17.2. The van der Waals surface area contributed by atoms with Crippen molar-refractivity contribution in [2.75, 3.05) is 45.7 Å². The summed E-state index contributed by atoms with van der Waals surface area (Å²) in [6.45, 7) is 3.29. The summed E-state index contributed by atoms with van der Waals surface area (Å²) in [5, 5.41) is 17.3. The van der Waals surface area contributed by atoms with E-state index >= 15 is 0 Å². The zero-order valence-corrected chi connectivity index (χ0v) is 19.5. The second kappa shape index (κ2) is 11.6. The third-order valence-corrected chi connectivity index (χ3v) is 5.10. The molecule has 3 rings (SSSR count). The highest BCUT2D eigenvalue weighted by molar-refractivity contribution is 14.0. The van der Waals surface area contributed by atoms with Crippen molar-refractivity contribution in [1.82, 2.24) is 10.2 Å². The fourth-order valence-electron chi connectivity index (χ4n) is 3.52. The maximum Gasteiger partial charge on any atom is 0.269 e. The summed E-state index contributed by atoms with van der Waals surface area (Å²) in [5.74, 6) is 2.26. The van der Waals surface area contributed by atoms with Gasteiger partial charge in [-0.2, -0.15) is 0 Å². The molecule has 2 aromatic rings. The van der Waals surface area contributed by atoms with Gasteiger partial charge in [-0.3, -0.25) is 15.1 Å². The Hall–Kier alpha value is -2.56. The molecule has 2 aromatic carbocycles. The molecule has 1 heterocycles. The maximum absolute atomic E-state index is 10.7. The highest BCUT2D eigenvalue weighted by Crippen LogP contribution is 2.28. The van der Waals surface area contributed by atoms with Gasteiger partial charge >= 0.3 is 0 Å². The number of non-ortho nitro benzene ring substituents is 1. The van der Waals surface area contributed by atoms with Crippen LogP contribution in [0.25, 0.3) is 0 Å². The van der Waals surface area contributed by atoms with Gasteiger partial charge in [-0.25, -0.2) is 0 Å². The van der Waals surface area contributed by atoms with E-state index in [4.69, 9.17) is 4.74 Å². The summed E-state index contributed by atoms with van der Waals surface area (Å²) in [7, 11) is 3.48. The van der Waals surface area contributed by atoms with Crippen molar-refractivity contribution < 1.29 is 9.66 Å². The fourth-order valence-corrected chi connectivity index (χ4v) is 3.52. The number of nitro groups is 1. The maximum atomic E-state index is 10.7. The fraction of sp³-hybridized carbons (Fsp3) is 0.381. The zero-order chi connectivity index (χ0) is 20.6. The number of nitro benzene ring substituents is 1. The van der Waals surface area contributed by atoms with E-state index < -0.39 is 4.92 Å². The normalized spacial score (nSPS) is 16.0. The van der Waals surface area contributed by atoms with Crippen LogP contribution in [0.3, 0.4) is 0 Å². The molecule has 0 spiro atoms. The van der Waals surface area contributed by atoms with Crippen LogP contribution in [0.1, 0.15) is 17.9 Å². The highest BCUT2D eigenvalue weighted by atomic mass is 127. The molecule has 162 valence electrons. The molecule has 1 aliphatic heterocycles. The molecule has 0 aromatic heterocycles. The Balaban J connectivity index is 0.00000320. The van der Waals surface area contributed by atoms with Crippen molar-refractivity contribution in [2.45, 2.75) is 12.3 Å². The van der Waals surface area contributed by atoms with E-state index in [9.17, 15) is 10.1 Å². The third kappa shape index (κ3) is 6.22. The van der Waals surface area contributed by atoms with Gasteiger partial charge in [0.15, 0.2) is 5.96 Å². The van der Waals surface area contributed by atoms with Gasteiger partial charge in [-0.15, -0.1) is 24.0 Å². The van der Waals surface area contributed by atoms with Crippen LogP contribution >= 0.6 is 24.0 Å². The van der Waals surface area contributed by atoms with E-state index in [1.807, 2.05) is 12.1 Å². The number of aliphatic imine (C=N–C) groups is 1. The number of likely N-dealkylation sites (tertiary alicyclic amines) is 1. The number of ether oxygens (including phenoxy) is 1. The van der Waals surface area contributed by atoms with Crippen LogP contribution in [0.2, 0.25) is 0 Å². The van der Waals surface area contributed by atoms with Gasteiger partial charge < -0.3 is 20.3 Å². The summed E-state index contributed by atoms with van der Waals surface area (Å²) in [6, 6.07) is 14.7. The Labute approximate surface area is 193 Å². The third-order valence-electron chi connectivity index (χ3n) is 5.10. The Morgan fingerprint density at radius 3 is 2.50 bits per heavy atom. The summed E-state index contributed by atoms with van der Waals surface area (Å²) >= 11 is 0. The second-order valence-electron chi connectivity index (χ2n) is 6.91. The van der Waals surface area contributed by atoms with Gasteiger partial charge in [0.25, 0.3) is 5.69 Å². The van der Waals surface area contributed by atoms with Gasteiger partial charge in [-0.05, 0) is 36.2 Å². The van der Waals surface area contributed by atoms with E-state index in [2.05, 4.69) is 32.7 Å². The molecule has 0 radical (unpaired) electrons. The Morgan fingerprint density at radius 1 is 1.20 bits per heavy atom. The van der Waals surface area contributed by atoms with E-state index in [0.717, 1.165) is 36.9 Å². The van der Waals surface area contributed by atoms with Gasteiger partial charge in [-0.1, -0.05) is 12.1 Å². The van der Waals surface area contributed by atoms with Crippen LogP contribution < -0.4 is 15.4 Å². The Morgan fingerprint density at radius 2 is 1.90 bits per heavy atom. The lowest BCUT2D eigenvalue weighted by Crippen LogP contribution is -2.41. The summed E-state index contributed by atoms with van der Waals surface area (Å²) < 4.78 is 5.24. The molecule has 30 heavy (non-hydrogen) atoms. The average molecular weight is 525 g/mol. The van der Waals surface area contributed by atoms with Crippen LogP contribution in [0.5, 0.6) is 5.75 Å². The highest BCUT2D eigenvalue weighted by Gasteiger charge is 2.25. The van der Waals surface area contributed by atoms with Crippen molar-refractivity contribution in [3.63, 3.8) is 0 Å². The number of anilines is 1. The number of halogens is 1. The molecular weight excluding hydrogens is 497 g/mol. The SMILES string of the molecule is CN=C(NCCNc1ccc([N+](=O)[O-])cc1)N1CCC(c2ccc(OC)cc2)C1.I. The van der Waals surface area contributed by atoms with Crippen molar-refractivity contribution in [2.24, 2.45) is 4.99 Å². The van der Waals surface area contributed by atoms with Crippen molar-refractivity contribution in [3.8, 4) is 5.75 Å². The first kappa shape index (κ1) is 23.7. The molecule has 0 bridgehead atoms. The molecule has 1 atom stereocenters. The van der Waals surface area contributed by atoms with Gasteiger partial charge in [0.05, 0.1) is 12.0 Å². The number of nitrogens with zero attached hydrogens (tertiary/aromatic N) is 3. The molecule has 8 nitrogen and oxygen atoms in total. The van der Waals surface area contributed by atoms with Crippen LogP contribution in [-0.2, 0) is 0 Å². The topological polar surface area (TPSA) is 92.0 Å². The Kier molecular flexibility index (Phi) is 9.15. The number of benzene rings is 2. The van der Waals surface area contributed by atoms with Crippen LogP contribution in [0.4, 0.5) is 11.4 Å². The van der Waals surface area contributed by atoms with Gasteiger partial charge in [0.1, 0.15) is 5.75 Å². The largest absolute Gasteiger partial charge is 0.497 e. The number of rotatable bonds is 7. The van der Waals surface area contributed by atoms with Crippen molar-refractivity contribution in [1.29, 1.82) is 0 Å². The molecular formula is C21H28IN5O3. The smallest absolute Gasteiger partial charge is 0.269 e. The average Bonchev–Trinajstić information content (AvgIpc) is 3.24. The first-order valence-electron chi connectivity index (χ1n) is 9.68. The molecule has 1 saturated heterocycles. The van der Waals surface area contributed by atoms with E-state index in [0.29, 0.717) is 19.0 Å². The minimum atomic E-state index is -0.398. The number of hydrogen-bond acceptors (Lipinski definition) is 5. The molecule has 1 fully saturated rings. The molecule has 0 saturated carbocycles. The van der Waals surface area contributed by atoms with Crippen LogP contribution in [-0.4, -0.2) is 56.1 Å². The first-order chi connectivity index (χ1) is 14.1. The second-order valence-corrected chi connectivity index (χ2v) is 6.91. The lowest BCUT2D eigenvalue weighted by Gasteiger charge is -2.22. The Bertz CT molecular complexity index is 843. The minimum absolute atomic E-state index is 0. The number of methoxy groups -OCH3 is 1. The lowest BCUT2D eigenvalue weighted by molar-refractivity contribution is -0.384. The lowest BCUT2D eigenvalue weighted by atomic mass is 9.98. The molecule has 0 amide bonds. The van der Waals surface area contributed by atoms with Crippen molar-refractivity contribution in [3.05, 3.63) is 64.2 Å². The number of nitrogens with one attached hydrogen (secondary N) is 2. The predicted molar refractivity (Wildman–Crippen MR) is 130 cm³/mol. The predicted octanol–water partition coefficient (Wildman–Crippen LogP) is 3.70. The molecule has 1 unspecified atom stereocenters. The summed E-state index contributed by atoms with van der Waals surface area (Å²) in [5.41, 5.74) is 2.27.